The first-order valence-corrected chi connectivity index (χ1v) is 12.2. The summed E-state index contributed by atoms with van der Waals surface area (Å²) in [6.07, 6.45) is 0.899. The lowest BCUT2D eigenvalue weighted by molar-refractivity contribution is -0.00000602. The van der Waals surface area contributed by atoms with Gasteiger partial charge in [0.15, 0.2) is 0 Å². The lowest BCUT2D eigenvalue weighted by atomic mass is 10.2. The maximum absolute atomic E-state index is 5.06. The maximum atomic E-state index is 5.06. The molecule has 1 nitrogen and oxygen atoms in total. The Balaban J connectivity index is 0.00000144. The Hall–Kier alpha value is -2.70. The molecule has 0 aliphatic heterocycles. The van der Waals surface area contributed by atoms with Crippen LogP contribution < -0.4 is 28.3 Å². The van der Waals surface area contributed by atoms with Gasteiger partial charge in [0.2, 0.25) is 0 Å². The minimum absolute atomic E-state index is 0. The molecule has 32 heavy (non-hydrogen) atoms. The van der Waals surface area contributed by atoms with Crippen LogP contribution >= 0.6 is 19.7 Å². The van der Waals surface area contributed by atoms with E-state index in [4.69, 9.17) is 4.98 Å². The molecule has 0 amide bonds. The van der Waals surface area contributed by atoms with E-state index < -0.39 is 7.26 Å². The smallest absolute Gasteiger partial charge is 0.118 e. The number of nitrogens with zero attached hydrogens (tertiary/aromatic N) is 1. The summed E-state index contributed by atoms with van der Waals surface area (Å²) in [6.45, 7) is 0. The number of pyridine rings is 1. The highest BCUT2D eigenvalue weighted by Crippen LogP contribution is 2.57. The van der Waals surface area contributed by atoms with Crippen LogP contribution in [0.3, 0.4) is 0 Å². The molecule has 0 aliphatic rings. The predicted octanol–water partition coefficient (Wildman–Crippen LogP) is 3.15. The zero-order chi connectivity index (χ0) is 20.2. The van der Waals surface area contributed by atoms with Gasteiger partial charge in [-0.2, -0.15) is 0 Å². The molecule has 1 heterocycles. The van der Waals surface area contributed by atoms with Gasteiger partial charge in [-0.1, -0.05) is 78.9 Å². The zero-order valence-corrected chi connectivity index (χ0v) is 20.0. The lowest BCUT2D eigenvalue weighted by Crippen LogP contribution is -3.00. The van der Waals surface area contributed by atoms with Crippen LogP contribution in [-0.4, -0.2) is 4.98 Å². The van der Waals surface area contributed by atoms with Gasteiger partial charge < -0.3 is 12.4 Å². The van der Waals surface area contributed by atoms with Gasteiger partial charge in [0.25, 0.3) is 0 Å². The number of aromatic nitrogens is 1. The summed E-state index contributed by atoms with van der Waals surface area (Å²) >= 11 is 0. The second-order valence-electron chi connectivity index (χ2n) is 7.47. The molecule has 4 aromatic carbocycles. The minimum atomic E-state index is -1.92. The van der Waals surface area contributed by atoms with Crippen molar-refractivity contribution in [2.24, 2.45) is 0 Å². The molecular weight excluding hydrogens is 452 g/mol. The van der Waals surface area contributed by atoms with Gasteiger partial charge in [-0.3, -0.25) is 0 Å². The average molecular weight is 476 g/mol. The molecule has 0 saturated carbocycles. The number of rotatable bonds is 5. The molecule has 0 N–H and O–H groups in total. The SMILES string of the molecule is Cl.[Cl-].c1ccc([P+](Cc2ccc3ccccc3n2)(c2ccccc2)c2ccccc2)cc1. The van der Waals surface area contributed by atoms with Crippen LogP contribution in [0, 0.1) is 0 Å². The Labute approximate surface area is 202 Å². The third-order valence-electron chi connectivity index (χ3n) is 5.65. The van der Waals surface area contributed by atoms with Gasteiger partial charge in [-0.25, -0.2) is 4.98 Å². The number of para-hydroxylation sites is 1. The lowest BCUT2D eigenvalue weighted by Gasteiger charge is -2.27. The second kappa shape index (κ2) is 10.7. The predicted molar refractivity (Wildman–Crippen MR) is 138 cm³/mol. The molecule has 5 rings (SSSR count). The summed E-state index contributed by atoms with van der Waals surface area (Å²) in [5.74, 6) is 0. The van der Waals surface area contributed by atoms with Gasteiger partial charge in [-0.15, -0.1) is 12.4 Å². The summed E-state index contributed by atoms with van der Waals surface area (Å²) in [5.41, 5.74) is 2.20. The Morgan fingerprint density at radius 3 is 1.44 bits per heavy atom. The van der Waals surface area contributed by atoms with Crippen molar-refractivity contribution < 1.29 is 12.4 Å². The number of halogens is 2. The molecule has 160 valence electrons. The van der Waals surface area contributed by atoms with Crippen LogP contribution in [0.4, 0.5) is 0 Å². The van der Waals surface area contributed by atoms with E-state index in [2.05, 4.69) is 127 Å². The molecule has 0 bridgehead atoms. The maximum Gasteiger partial charge on any atom is 0.118 e. The fourth-order valence-electron chi connectivity index (χ4n) is 4.21. The molecule has 0 saturated heterocycles. The van der Waals surface area contributed by atoms with Crippen molar-refractivity contribution in [1.82, 2.24) is 4.98 Å². The van der Waals surface area contributed by atoms with Gasteiger partial charge >= 0.3 is 0 Å². The van der Waals surface area contributed by atoms with E-state index in [-0.39, 0.29) is 24.8 Å². The summed E-state index contributed by atoms with van der Waals surface area (Å²) in [7, 11) is -1.92. The Kier molecular flexibility index (Phi) is 8.04. The van der Waals surface area contributed by atoms with Crippen LogP contribution in [0.15, 0.2) is 127 Å². The van der Waals surface area contributed by atoms with Crippen molar-refractivity contribution in [3.05, 3.63) is 133 Å². The van der Waals surface area contributed by atoms with Crippen LogP contribution in [0.2, 0.25) is 0 Å². The molecule has 0 fully saturated rings. The molecule has 4 heteroatoms. The molecular formula is C28H24Cl2NP. The minimum Gasteiger partial charge on any atom is -1.00 e. The number of benzene rings is 4. The van der Waals surface area contributed by atoms with E-state index in [1.54, 1.807) is 0 Å². The van der Waals surface area contributed by atoms with E-state index >= 15 is 0 Å². The summed E-state index contributed by atoms with van der Waals surface area (Å²) < 4.78 is 0. The largest absolute Gasteiger partial charge is 1.00 e. The third-order valence-corrected chi connectivity index (χ3v) is 9.98. The number of hydrogen-bond acceptors (Lipinski definition) is 1. The van der Waals surface area contributed by atoms with E-state index in [0.717, 1.165) is 17.4 Å². The van der Waals surface area contributed by atoms with Crippen LogP contribution in [0.1, 0.15) is 5.69 Å². The molecule has 5 aromatic rings. The van der Waals surface area contributed by atoms with Crippen molar-refractivity contribution in [2.45, 2.75) is 6.16 Å². The second-order valence-corrected chi connectivity index (χ2v) is 11.0. The number of hydrogen-bond donors (Lipinski definition) is 0. The topological polar surface area (TPSA) is 12.9 Å². The van der Waals surface area contributed by atoms with E-state index in [9.17, 15) is 0 Å². The molecule has 1 aromatic heterocycles. The van der Waals surface area contributed by atoms with Crippen molar-refractivity contribution in [3.63, 3.8) is 0 Å². The Morgan fingerprint density at radius 1 is 0.500 bits per heavy atom. The molecule has 0 unspecified atom stereocenters. The first-order chi connectivity index (χ1) is 14.9. The normalized spacial score (nSPS) is 10.8. The first-order valence-electron chi connectivity index (χ1n) is 10.3. The fourth-order valence-corrected chi connectivity index (χ4v) is 8.36. The summed E-state index contributed by atoms with van der Waals surface area (Å²) in [4.78, 5) is 5.06. The van der Waals surface area contributed by atoms with E-state index in [0.29, 0.717) is 0 Å². The van der Waals surface area contributed by atoms with Crippen LogP contribution in [0.5, 0.6) is 0 Å². The van der Waals surface area contributed by atoms with Crippen molar-refractivity contribution >= 4 is 46.5 Å². The Morgan fingerprint density at radius 2 is 0.938 bits per heavy atom. The first kappa shape index (κ1) is 24.0. The van der Waals surface area contributed by atoms with E-state index in [1.165, 1.54) is 21.3 Å². The summed E-state index contributed by atoms with van der Waals surface area (Å²) in [5, 5.41) is 5.34. The highest BCUT2D eigenvalue weighted by Gasteiger charge is 2.45. The Bertz CT molecular complexity index is 1170. The molecule has 0 aliphatic carbocycles. The van der Waals surface area contributed by atoms with Crippen molar-refractivity contribution in [1.29, 1.82) is 0 Å². The van der Waals surface area contributed by atoms with Crippen LogP contribution in [-0.2, 0) is 6.16 Å². The quantitative estimate of drug-likeness (QED) is 0.356. The highest BCUT2D eigenvalue weighted by atomic mass is 35.5. The van der Waals surface area contributed by atoms with Gasteiger partial charge in [0.05, 0.1) is 11.2 Å². The molecule has 0 radical (unpaired) electrons. The molecule has 0 spiro atoms. The monoisotopic (exact) mass is 475 g/mol. The standard InChI is InChI=1S/C28H23NP.2ClH/c1-4-13-25(14-5-1)30(26-15-6-2-7-16-26,27-17-8-3-9-18-27)22-24-21-20-23-12-10-11-19-28(23)29-24;;/h1-21H,22H2;2*1H/q+1;;/p-1. The van der Waals surface area contributed by atoms with Gasteiger partial charge in [0.1, 0.15) is 29.3 Å². The van der Waals surface area contributed by atoms with Gasteiger partial charge in [-0.05, 0) is 48.5 Å². The van der Waals surface area contributed by atoms with Gasteiger partial charge in [0, 0.05) is 5.39 Å². The zero-order valence-electron chi connectivity index (χ0n) is 17.5. The summed E-state index contributed by atoms with van der Waals surface area (Å²) in [6, 6.07) is 45.7. The number of fused-ring (bicyclic) bond motifs is 1. The fraction of sp³-hybridized carbons (Fsp3) is 0.0357. The highest BCUT2D eigenvalue weighted by molar-refractivity contribution is 7.95. The molecule has 0 atom stereocenters. The van der Waals surface area contributed by atoms with Crippen molar-refractivity contribution in [2.75, 3.05) is 0 Å². The van der Waals surface area contributed by atoms with Crippen molar-refractivity contribution in [3.8, 4) is 0 Å². The van der Waals surface area contributed by atoms with E-state index in [1.807, 2.05) is 0 Å². The average Bonchev–Trinajstić information content (AvgIpc) is 2.84. The third kappa shape index (κ3) is 4.57. The van der Waals surface area contributed by atoms with Crippen LogP contribution in [0.25, 0.3) is 10.9 Å².